The highest BCUT2D eigenvalue weighted by Crippen LogP contribution is 2.22. The summed E-state index contributed by atoms with van der Waals surface area (Å²) in [5, 5.41) is 4.07. The first-order chi connectivity index (χ1) is 8.70. The molecule has 0 radical (unpaired) electrons. The largest absolute Gasteiger partial charge is 0.480 e. The number of rotatable bonds is 4. The maximum atomic E-state index is 5.93. The fourth-order valence-corrected chi connectivity index (χ4v) is 1.96. The molecule has 3 nitrogen and oxygen atoms in total. The minimum Gasteiger partial charge on any atom is -0.480 e. The minimum absolute atomic E-state index is 0.601. The highest BCUT2D eigenvalue weighted by Gasteiger charge is 2.04. The van der Waals surface area contributed by atoms with Crippen molar-refractivity contribution in [1.29, 1.82) is 0 Å². The molecule has 2 rings (SSSR count). The molecule has 1 N–H and O–H groups in total. The number of anilines is 1. The van der Waals surface area contributed by atoms with Gasteiger partial charge in [0.15, 0.2) is 0 Å². The van der Waals surface area contributed by atoms with Gasteiger partial charge in [0.1, 0.15) is 0 Å². The number of hydrogen-bond donors (Lipinski definition) is 1. The summed E-state index contributed by atoms with van der Waals surface area (Å²) in [4.78, 5) is 4.14. The summed E-state index contributed by atoms with van der Waals surface area (Å²) in [5.41, 5.74) is 3.25. The molecule has 1 aromatic heterocycles. The van der Waals surface area contributed by atoms with Crippen molar-refractivity contribution in [2.45, 2.75) is 13.5 Å². The maximum absolute atomic E-state index is 5.93. The van der Waals surface area contributed by atoms with E-state index < -0.39 is 0 Å². The van der Waals surface area contributed by atoms with Crippen LogP contribution < -0.4 is 10.1 Å². The van der Waals surface area contributed by atoms with Crippen LogP contribution in [0.25, 0.3) is 0 Å². The van der Waals surface area contributed by atoms with Crippen molar-refractivity contribution in [3.8, 4) is 5.88 Å². The normalized spacial score (nSPS) is 10.2. The van der Waals surface area contributed by atoms with Crippen LogP contribution in [0.5, 0.6) is 5.88 Å². The second-order valence-corrected chi connectivity index (χ2v) is 4.42. The molecule has 0 saturated heterocycles. The fourth-order valence-electron chi connectivity index (χ4n) is 1.74. The van der Waals surface area contributed by atoms with Crippen LogP contribution in [0.3, 0.4) is 0 Å². The monoisotopic (exact) mass is 262 g/mol. The Morgan fingerprint density at radius 3 is 2.89 bits per heavy atom. The molecule has 0 aliphatic heterocycles. The number of pyridine rings is 1. The Bertz CT molecular complexity index is 543. The highest BCUT2D eigenvalue weighted by molar-refractivity contribution is 6.30. The standard InChI is InChI=1S/C14H15ClN2O/c1-10-8-12(15)6-5-11(10)9-17-13-4-3-7-16-14(13)18-2/h3-8,17H,9H2,1-2H3. The van der Waals surface area contributed by atoms with E-state index >= 15 is 0 Å². The van der Waals surface area contributed by atoms with Gasteiger partial charge in [0.05, 0.1) is 12.8 Å². The molecule has 2 aromatic rings. The van der Waals surface area contributed by atoms with Gasteiger partial charge in [0, 0.05) is 17.8 Å². The molecule has 0 spiro atoms. The zero-order valence-electron chi connectivity index (χ0n) is 10.4. The summed E-state index contributed by atoms with van der Waals surface area (Å²) < 4.78 is 5.19. The van der Waals surface area contributed by atoms with Gasteiger partial charge >= 0.3 is 0 Å². The quantitative estimate of drug-likeness (QED) is 0.913. The van der Waals surface area contributed by atoms with Crippen LogP contribution in [0.2, 0.25) is 5.02 Å². The lowest BCUT2D eigenvalue weighted by Crippen LogP contribution is -2.03. The Kier molecular flexibility index (Phi) is 4.05. The topological polar surface area (TPSA) is 34.1 Å². The summed E-state index contributed by atoms with van der Waals surface area (Å²) in [7, 11) is 1.61. The first-order valence-electron chi connectivity index (χ1n) is 5.68. The van der Waals surface area contributed by atoms with Crippen molar-refractivity contribution in [2.24, 2.45) is 0 Å². The average molecular weight is 263 g/mol. The molecular weight excluding hydrogens is 248 g/mol. The van der Waals surface area contributed by atoms with Crippen molar-refractivity contribution >= 4 is 17.3 Å². The molecule has 0 atom stereocenters. The van der Waals surface area contributed by atoms with Crippen molar-refractivity contribution in [1.82, 2.24) is 4.98 Å². The Morgan fingerprint density at radius 2 is 2.17 bits per heavy atom. The van der Waals surface area contributed by atoms with Crippen LogP contribution in [-0.2, 0) is 6.54 Å². The van der Waals surface area contributed by atoms with Gasteiger partial charge in [-0.25, -0.2) is 4.98 Å². The summed E-state index contributed by atoms with van der Waals surface area (Å²) in [6, 6.07) is 9.69. The summed E-state index contributed by atoms with van der Waals surface area (Å²) in [6.07, 6.45) is 1.71. The van der Waals surface area contributed by atoms with Gasteiger partial charge in [-0.2, -0.15) is 0 Å². The van der Waals surface area contributed by atoms with Gasteiger partial charge in [-0.3, -0.25) is 0 Å². The van der Waals surface area contributed by atoms with Crippen molar-refractivity contribution < 1.29 is 4.74 Å². The first-order valence-corrected chi connectivity index (χ1v) is 6.06. The number of halogens is 1. The van der Waals surface area contributed by atoms with Crippen LogP contribution in [0, 0.1) is 6.92 Å². The molecule has 18 heavy (non-hydrogen) atoms. The maximum Gasteiger partial charge on any atom is 0.237 e. The van der Waals surface area contributed by atoms with E-state index in [4.69, 9.17) is 16.3 Å². The number of hydrogen-bond acceptors (Lipinski definition) is 3. The lowest BCUT2D eigenvalue weighted by atomic mass is 10.1. The number of ether oxygens (including phenoxy) is 1. The zero-order valence-corrected chi connectivity index (χ0v) is 11.2. The zero-order chi connectivity index (χ0) is 13.0. The number of benzene rings is 1. The highest BCUT2D eigenvalue weighted by atomic mass is 35.5. The van der Waals surface area contributed by atoms with Gasteiger partial charge in [0.25, 0.3) is 0 Å². The van der Waals surface area contributed by atoms with E-state index in [1.165, 1.54) is 5.56 Å². The molecule has 0 unspecified atom stereocenters. The number of nitrogens with zero attached hydrogens (tertiary/aromatic N) is 1. The molecule has 4 heteroatoms. The van der Waals surface area contributed by atoms with Crippen LogP contribution in [0.1, 0.15) is 11.1 Å². The Labute approximate surface area is 112 Å². The van der Waals surface area contributed by atoms with Crippen LogP contribution >= 0.6 is 11.6 Å². The molecule has 0 saturated carbocycles. The molecular formula is C14H15ClN2O. The summed E-state index contributed by atoms with van der Waals surface area (Å²) >= 11 is 5.93. The lowest BCUT2D eigenvalue weighted by molar-refractivity contribution is 0.399. The van der Waals surface area contributed by atoms with E-state index in [9.17, 15) is 0 Å². The number of methoxy groups -OCH3 is 1. The van der Waals surface area contributed by atoms with E-state index in [1.54, 1.807) is 13.3 Å². The van der Waals surface area contributed by atoms with Gasteiger partial charge in [0.2, 0.25) is 5.88 Å². The van der Waals surface area contributed by atoms with Crippen molar-refractivity contribution in [2.75, 3.05) is 12.4 Å². The van der Waals surface area contributed by atoms with Crippen LogP contribution in [0.15, 0.2) is 36.5 Å². The minimum atomic E-state index is 0.601. The number of nitrogens with one attached hydrogen (secondary N) is 1. The van der Waals surface area contributed by atoms with Crippen molar-refractivity contribution in [3.05, 3.63) is 52.7 Å². The fraction of sp³-hybridized carbons (Fsp3) is 0.214. The predicted octanol–water partition coefficient (Wildman–Crippen LogP) is 3.66. The van der Waals surface area contributed by atoms with E-state index in [2.05, 4.69) is 10.3 Å². The van der Waals surface area contributed by atoms with Gasteiger partial charge < -0.3 is 10.1 Å². The van der Waals surface area contributed by atoms with E-state index in [-0.39, 0.29) is 0 Å². The molecule has 1 aromatic carbocycles. The van der Waals surface area contributed by atoms with Gasteiger partial charge in [-0.1, -0.05) is 17.7 Å². The Hall–Kier alpha value is -1.74. The molecule has 0 aliphatic carbocycles. The molecule has 0 amide bonds. The second-order valence-electron chi connectivity index (χ2n) is 3.98. The third-order valence-corrected chi connectivity index (χ3v) is 2.97. The number of aryl methyl sites for hydroxylation is 1. The Morgan fingerprint density at radius 1 is 1.33 bits per heavy atom. The van der Waals surface area contributed by atoms with Gasteiger partial charge in [-0.05, 0) is 42.3 Å². The van der Waals surface area contributed by atoms with Gasteiger partial charge in [-0.15, -0.1) is 0 Å². The number of aromatic nitrogens is 1. The van der Waals surface area contributed by atoms with Crippen LogP contribution in [0.4, 0.5) is 5.69 Å². The first kappa shape index (κ1) is 12.7. The Balaban J connectivity index is 2.11. The summed E-state index contributed by atoms with van der Waals surface area (Å²) in [6.45, 7) is 2.76. The third kappa shape index (κ3) is 2.93. The average Bonchev–Trinajstić information content (AvgIpc) is 2.38. The third-order valence-electron chi connectivity index (χ3n) is 2.74. The van der Waals surface area contributed by atoms with E-state index in [0.717, 1.165) is 16.3 Å². The van der Waals surface area contributed by atoms with Crippen molar-refractivity contribution in [3.63, 3.8) is 0 Å². The van der Waals surface area contributed by atoms with Crippen LogP contribution in [-0.4, -0.2) is 12.1 Å². The molecule has 94 valence electrons. The predicted molar refractivity (Wildman–Crippen MR) is 74.3 cm³/mol. The van der Waals surface area contributed by atoms with E-state index in [0.29, 0.717) is 12.4 Å². The SMILES string of the molecule is COc1ncccc1NCc1ccc(Cl)cc1C. The molecule has 1 heterocycles. The smallest absolute Gasteiger partial charge is 0.237 e. The summed E-state index contributed by atoms with van der Waals surface area (Å²) in [5.74, 6) is 0.601. The second kappa shape index (κ2) is 5.74. The lowest BCUT2D eigenvalue weighted by Gasteiger charge is -2.11. The molecule has 0 fully saturated rings. The molecule has 0 bridgehead atoms. The molecule has 0 aliphatic rings. The van der Waals surface area contributed by atoms with E-state index in [1.807, 2.05) is 37.3 Å².